The molecule has 0 bridgehead atoms. The molecule has 0 spiro atoms. The van der Waals surface area contributed by atoms with E-state index in [1.165, 1.54) is 5.56 Å². The molecule has 0 amide bonds. The van der Waals surface area contributed by atoms with Gasteiger partial charge in [-0.15, -0.1) is 0 Å². The minimum absolute atomic E-state index is 0.716. The van der Waals surface area contributed by atoms with Gasteiger partial charge in [-0.3, -0.25) is 0 Å². The van der Waals surface area contributed by atoms with E-state index in [1.54, 1.807) is 7.11 Å². The monoisotopic (exact) mass is 333 g/mol. The van der Waals surface area contributed by atoms with Gasteiger partial charge < -0.3 is 14.4 Å². The zero-order valence-corrected chi connectivity index (χ0v) is 12.9. The van der Waals surface area contributed by atoms with Gasteiger partial charge in [0.2, 0.25) is 0 Å². The maximum absolute atomic E-state index is 5.72. The summed E-state index contributed by atoms with van der Waals surface area (Å²) in [7, 11) is 1.70. The summed E-state index contributed by atoms with van der Waals surface area (Å²) in [6, 6.07) is 14.4. The number of nitrogens with zero attached hydrogens (tertiary/aromatic N) is 1. The van der Waals surface area contributed by atoms with Crippen LogP contribution in [0.1, 0.15) is 5.56 Å². The van der Waals surface area contributed by atoms with Crippen LogP contribution in [0.5, 0.6) is 11.5 Å². The zero-order valence-electron chi connectivity index (χ0n) is 11.3. The lowest BCUT2D eigenvalue weighted by molar-refractivity contribution is 0.306. The lowest BCUT2D eigenvalue weighted by atomic mass is 10.1. The Balaban J connectivity index is 1.85. The number of methoxy groups -OCH3 is 1. The predicted molar refractivity (Wildman–Crippen MR) is 83.7 cm³/mol. The van der Waals surface area contributed by atoms with Crippen molar-refractivity contribution in [3.63, 3.8) is 0 Å². The SMILES string of the molecule is COc1cccc(CN2CCOc3cc(Br)ccc32)c1. The molecule has 2 aromatic carbocycles. The molecule has 0 saturated heterocycles. The molecule has 2 aromatic rings. The number of rotatable bonds is 3. The van der Waals surface area contributed by atoms with E-state index in [4.69, 9.17) is 9.47 Å². The Hall–Kier alpha value is -1.68. The number of benzene rings is 2. The summed E-state index contributed by atoms with van der Waals surface area (Å²) in [6.07, 6.45) is 0. The minimum atomic E-state index is 0.716. The van der Waals surface area contributed by atoms with Crippen LogP contribution in [0, 0.1) is 0 Å². The standard InChI is InChI=1S/C16H16BrNO2/c1-19-14-4-2-3-12(9-14)11-18-7-8-20-16-10-13(17)5-6-15(16)18/h2-6,9-10H,7-8,11H2,1H3. The van der Waals surface area contributed by atoms with Crippen LogP contribution in [-0.4, -0.2) is 20.3 Å². The molecule has 104 valence electrons. The molecule has 0 radical (unpaired) electrons. The first-order chi connectivity index (χ1) is 9.76. The van der Waals surface area contributed by atoms with Crippen molar-refractivity contribution in [2.24, 2.45) is 0 Å². The van der Waals surface area contributed by atoms with E-state index >= 15 is 0 Å². The van der Waals surface area contributed by atoms with Crippen molar-refractivity contribution in [3.8, 4) is 11.5 Å². The Morgan fingerprint density at radius 1 is 1.25 bits per heavy atom. The Morgan fingerprint density at radius 2 is 2.15 bits per heavy atom. The van der Waals surface area contributed by atoms with Gasteiger partial charge >= 0.3 is 0 Å². The molecule has 0 aliphatic carbocycles. The smallest absolute Gasteiger partial charge is 0.143 e. The van der Waals surface area contributed by atoms with Gasteiger partial charge in [-0.2, -0.15) is 0 Å². The molecule has 1 heterocycles. The predicted octanol–water partition coefficient (Wildman–Crippen LogP) is 3.86. The third-order valence-corrected chi connectivity index (χ3v) is 3.88. The molecule has 0 atom stereocenters. The van der Waals surface area contributed by atoms with Crippen molar-refractivity contribution in [2.75, 3.05) is 25.2 Å². The second-order valence-corrected chi connectivity index (χ2v) is 5.65. The van der Waals surface area contributed by atoms with Crippen LogP contribution in [0.4, 0.5) is 5.69 Å². The average Bonchev–Trinajstić information content (AvgIpc) is 2.47. The molecule has 1 aliphatic heterocycles. The Labute approximate surface area is 127 Å². The summed E-state index contributed by atoms with van der Waals surface area (Å²) in [5.74, 6) is 1.83. The van der Waals surface area contributed by atoms with Gasteiger partial charge in [0, 0.05) is 11.0 Å². The van der Waals surface area contributed by atoms with Crippen molar-refractivity contribution in [2.45, 2.75) is 6.54 Å². The second kappa shape index (κ2) is 5.75. The number of hydrogen-bond acceptors (Lipinski definition) is 3. The van der Waals surface area contributed by atoms with Crippen LogP contribution in [-0.2, 0) is 6.54 Å². The number of anilines is 1. The molecule has 4 heteroatoms. The fourth-order valence-electron chi connectivity index (χ4n) is 2.41. The van der Waals surface area contributed by atoms with Gasteiger partial charge in [-0.1, -0.05) is 28.1 Å². The summed E-state index contributed by atoms with van der Waals surface area (Å²) >= 11 is 3.48. The Morgan fingerprint density at radius 3 is 3.00 bits per heavy atom. The third-order valence-electron chi connectivity index (χ3n) is 3.39. The van der Waals surface area contributed by atoms with Crippen molar-refractivity contribution >= 4 is 21.6 Å². The molecule has 0 fully saturated rings. The normalized spacial score (nSPS) is 13.6. The van der Waals surface area contributed by atoms with E-state index in [9.17, 15) is 0 Å². The Bertz CT molecular complexity index is 615. The molecule has 20 heavy (non-hydrogen) atoms. The molecule has 0 saturated carbocycles. The summed E-state index contributed by atoms with van der Waals surface area (Å²) in [6.45, 7) is 2.47. The van der Waals surface area contributed by atoms with Crippen molar-refractivity contribution < 1.29 is 9.47 Å². The summed E-state index contributed by atoms with van der Waals surface area (Å²) in [5.41, 5.74) is 2.38. The van der Waals surface area contributed by atoms with Crippen molar-refractivity contribution in [3.05, 3.63) is 52.5 Å². The van der Waals surface area contributed by atoms with E-state index in [1.807, 2.05) is 24.3 Å². The lowest BCUT2D eigenvalue weighted by Gasteiger charge is -2.31. The molecule has 0 aromatic heterocycles. The van der Waals surface area contributed by atoms with Crippen molar-refractivity contribution in [1.29, 1.82) is 0 Å². The maximum Gasteiger partial charge on any atom is 0.143 e. The largest absolute Gasteiger partial charge is 0.497 e. The average molecular weight is 334 g/mol. The molecular weight excluding hydrogens is 318 g/mol. The van der Waals surface area contributed by atoms with E-state index in [0.717, 1.165) is 34.7 Å². The van der Waals surface area contributed by atoms with Gasteiger partial charge in [-0.25, -0.2) is 0 Å². The highest BCUT2D eigenvalue weighted by Crippen LogP contribution is 2.35. The zero-order chi connectivity index (χ0) is 13.9. The highest BCUT2D eigenvalue weighted by Gasteiger charge is 2.18. The van der Waals surface area contributed by atoms with Crippen LogP contribution < -0.4 is 14.4 Å². The van der Waals surface area contributed by atoms with Gasteiger partial charge in [-0.05, 0) is 35.9 Å². The van der Waals surface area contributed by atoms with E-state index in [0.29, 0.717) is 6.61 Å². The number of ether oxygens (including phenoxy) is 2. The highest BCUT2D eigenvalue weighted by atomic mass is 79.9. The Kier molecular flexibility index (Phi) is 3.83. The first kappa shape index (κ1) is 13.3. The van der Waals surface area contributed by atoms with Gasteiger partial charge in [0.15, 0.2) is 0 Å². The summed E-state index contributed by atoms with van der Waals surface area (Å²) in [4.78, 5) is 2.33. The van der Waals surface area contributed by atoms with Gasteiger partial charge in [0.05, 0.1) is 19.3 Å². The fraction of sp³-hybridized carbons (Fsp3) is 0.250. The third kappa shape index (κ3) is 2.75. The number of fused-ring (bicyclic) bond motifs is 1. The highest BCUT2D eigenvalue weighted by molar-refractivity contribution is 9.10. The van der Waals surface area contributed by atoms with Crippen molar-refractivity contribution in [1.82, 2.24) is 0 Å². The molecule has 3 nitrogen and oxygen atoms in total. The number of halogens is 1. The van der Waals surface area contributed by atoms with E-state index < -0.39 is 0 Å². The van der Waals surface area contributed by atoms with Crippen LogP contribution in [0.3, 0.4) is 0 Å². The van der Waals surface area contributed by atoms with Crippen LogP contribution in [0.25, 0.3) is 0 Å². The molecule has 3 rings (SSSR count). The second-order valence-electron chi connectivity index (χ2n) is 4.73. The first-order valence-corrected chi connectivity index (χ1v) is 7.36. The lowest BCUT2D eigenvalue weighted by Crippen LogP contribution is -2.32. The molecule has 0 N–H and O–H groups in total. The molecule has 0 unspecified atom stereocenters. The van der Waals surface area contributed by atoms with Crippen LogP contribution in [0.2, 0.25) is 0 Å². The van der Waals surface area contributed by atoms with Crippen LogP contribution in [0.15, 0.2) is 46.9 Å². The molecule has 1 aliphatic rings. The first-order valence-electron chi connectivity index (χ1n) is 6.56. The quantitative estimate of drug-likeness (QED) is 0.851. The topological polar surface area (TPSA) is 21.7 Å². The van der Waals surface area contributed by atoms with E-state index in [2.05, 4.69) is 39.0 Å². The fourth-order valence-corrected chi connectivity index (χ4v) is 2.75. The summed E-state index contributed by atoms with van der Waals surface area (Å²) in [5, 5.41) is 0. The van der Waals surface area contributed by atoms with Gasteiger partial charge in [0.1, 0.15) is 18.1 Å². The maximum atomic E-state index is 5.72. The molecular formula is C16H16BrNO2. The van der Waals surface area contributed by atoms with E-state index in [-0.39, 0.29) is 0 Å². The minimum Gasteiger partial charge on any atom is -0.497 e. The number of hydrogen-bond donors (Lipinski definition) is 0. The summed E-state index contributed by atoms with van der Waals surface area (Å²) < 4.78 is 12.0. The van der Waals surface area contributed by atoms with Gasteiger partial charge in [0.25, 0.3) is 0 Å². The van der Waals surface area contributed by atoms with Crippen LogP contribution >= 0.6 is 15.9 Å².